The molecule has 0 bridgehead atoms. The predicted octanol–water partition coefficient (Wildman–Crippen LogP) is 19.3. The Labute approximate surface area is 405 Å². The molecule has 0 aromatic rings. The van der Waals surface area contributed by atoms with Crippen LogP contribution in [0.5, 0.6) is 0 Å². The van der Waals surface area contributed by atoms with E-state index in [2.05, 4.69) is 32.9 Å². The molecule has 0 aromatic heterocycles. The highest BCUT2D eigenvalue weighted by Gasteiger charge is 2.19. The van der Waals surface area contributed by atoms with E-state index in [1.54, 1.807) is 0 Å². The van der Waals surface area contributed by atoms with Crippen molar-refractivity contribution >= 4 is 17.9 Å². The van der Waals surface area contributed by atoms with Crippen LogP contribution < -0.4 is 0 Å². The maximum absolute atomic E-state index is 12.8. The van der Waals surface area contributed by atoms with Crippen molar-refractivity contribution in [3.63, 3.8) is 0 Å². The van der Waals surface area contributed by atoms with E-state index in [0.717, 1.165) is 57.8 Å². The smallest absolute Gasteiger partial charge is 0.306 e. The molecule has 0 radical (unpaired) electrons. The van der Waals surface area contributed by atoms with Crippen molar-refractivity contribution in [2.75, 3.05) is 13.2 Å². The molecule has 0 aliphatic rings. The van der Waals surface area contributed by atoms with Gasteiger partial charge in [0.05, 0.1) is 0 Å². The first-order valence-corrected chi connectivity index (χ1v) is 29.2. The van der Waals surface area contributed by atoms with E-state index in [9.17, 15) is 14.4 Å². The number of hydrogen-bond acceptors (Lipinski definition) is 6. The lowest BCUT2D eigenvalue weighted by Gasteiger charge is -2.18. The maximum Gasteiger partial charge on any atom is 0.306 e. The second-order valence-corrected chi connectivity index (χ2v) is 19.9. The van der Waals surface area contributed by atoms with Crippen molar-refractivity contribution in [1.29, 1.82) is 0 Å². The Morgan fingerprint density at radius 3 is 0.769 bits per heavy atom. The minimum absolute atomic E-state index is 0.0651. The predicted molar refractivity (Wildman–Crippen MR) is 280 cm³/mol. The van der Waals surface area contributed by atoms with Crippen molar-refractivity contribution in [2.24, 2.45) is 0 Å². The molecule has 0 aliphatic carbocycles. The normalized spacial score (nSPS) is 12.0. The Morgan fingerprint density at radius 1 is 0.292 bits per heavy atom. The summed E-state index contributed by atoms with van der Waals surface area (Å²) in [4.78, 5) is 37.9. The first kappa shape index (κ1) is 63.1. The van der Waals surface area contributed by atoms with E-state index < -0.39 is 6.10 Å². The number of rotatable bonds is 54. The monoisotopic (exact) mass is 917 g/mol. The number of carbonyl (C=O) groups excluding carboxylic acids is 3. The minimum Gasteiger partial charge on any atom is -0.462 e. The summed E-state index contributed by atoms with van der Waals surface area (Å²) in [5.41, 5.74) is 0. The van der Waals surface area contributed by atoms with E-state index >= 15 is 0 Å². The molecule has 6 heteroatoms. The number of carbonyl (C=O) groups is 3. The van der Waals surface area contributed by atoms with Gasteiger partial charge in [-0.25, -0.2) is 0 Å². The van der Waals surface area contributed by atoms with Crippen LogP contribution in [0.3, 0.4) is 0 Å². The first-order valence-electron chi connectivity index (χ1n) is 29.2. The van der Waals surface area contributed by atoms with Gasteiger partial charge < -0.3 is 14.2 Å². The van der Waals surface area contributed by atoms with Crippen LogP contribution in [0, 0.1) is 0 Å². The van der Waals surface area contributed by atoms with Gasteiger partial charge >= 0.3 is 17.9 Å². The SMILES string of the molecule is CCCCCCCCCC/C=C\CCCCCCCCCCCCCC(=O)OCC(COC(=O)CCCCCCCCC)OC(=O)CCCCCCCCCCCCCCCCCCC. The summed E-state index contributed by atoms with van der Waals surface area (Å²) in [5, 5.41) is 0. The zero-order chi connectivity index (χ0) is 47.2. The van der Waals surface area contributed by atoms with Crippen molar-refractivity contribution in [1.82, 2.24) is 0 Å². The van der Waals surface area contributed by atoms with Gasteiger partial charge in [-0.1, -0.05) is 277 Å². The highest BCUT2D eigenvalue weighted by atomic mass is 16.6. The Balaban J connectivity index is 4.11. The van der Waals surface area contributed by atoms with E-state index in [-0.39, 0.29) is 31.1 Å². The van der Waals surface area contributed by atoms with Crippen LogP contribution in [0.1, 0.15) is 329 Å². The zero-order valence-electron chi connectivity index (χ0n) is 44.0. The van der Waals surface area contributed by atoms with E-state index in [1.165, 1.54) is 231 Å². The van der Waals surface area contributed by atoms with Crippen molar-refractivity contribution in [3.8, 4) is 0 Å². The van der Waals surface area contributed by atoms with Crippen LogP contribution in [-0.2, 0) is 28.6 Å². The maximum atomic E-state index is 12.8. The van der Waals surface area contributed by atoms with Gasteiger partial charge in [-0.3, -0.25) is 14.4 Å². The summed E-state index contributed by atoms with van der Waals surface area (Å²) < 4.78 is 16.8. The average molecular weight is 918 g/mol. The van der Waals surface area contributed by atoms with Crippen molar-refractivity contribution < 1.29 is 28.6 Å². The van der Waals surface area contributed by atoms with Gasteiger partial charge in [0.15, 0.2) is 6.10 Å². The standard InChI is InChI=1S/C59H112O6/c1-4-7-10-13-16-18-20-22-24-26-27-28-29-30-31-33-34-36-38-40-43-46-49-52-58(61)64-55-56(54-63-57(60)51-48-45-42-15-12-9-6-3)65-59(62)53-50-47-44-41-39-37-35-32-25-23-21-19-17-14-11-8-5-2/h26-27,56H,4-25,28-55H2,1-3H3/b27-26-. The van der Waals surface area contributed by atoms with E-state index in [4.69, 9.17) is 14.2 Å². The lowest BCUT2D eigenvalue weighted by atomic mass is 10.0. The summed E-state index contributed by atoms with van der Waals surface area (Å²) in [6.07, 6.45) is 62.3. The fourth-order valence-corrected chi connectivity index (χ4v) is 8.85. The molecule has 65 heavy (non-hydrogen) atoms. The Kier molecular flexibility index (Phi) is 53.2. The molecule has 1 atom stereocenters. The molecule has 1 unspecified atom stereocenters. The van der Waals surface area contributed by atoms with Gasteiger partial charge in [-0.05, 0) is 44.9 Å². The van der Waals surface area contributed by atoms with Gasteiger partial charge in [0.2, 0.25) is 0 Å². The van der Waals surface area contributed by atoms with Gasteiger partial charge in [-0.2, -0.15) is 0 Å². The van der Waals surface area contributed by atoms with Gasteiger partial charge in [0.1, 0.15) is 13.2 Å². The van der Waals surface area contributed by atoms with Crippen molar-refractivity contribution in [3.05, 3.63) is 12.2 Å². The fraction of sp³-hybridized carbons (Fsp3) is 0.915. The zero-order valence-corrected chi connectivity index (χ0v) is 44.0. The van der Waals surface area contributed by atoms with Gasteiger partial charge in [0, 0.05) is 19.3 Å². The Morgan fingerprint density at radius 2 is 0.508 bits per heavy atom. The summed E-state index contributed by atoms with van der Waals surface area (Å²) in [5.74, 6) is -0.850. The molecule has 0 N–H and O–H groups in total. The molecule has 0 saturated carbocycles. The molecule has 384 valence electrons. The fourth-order valence-electron chi connectivity index (χ4n) is 8.85. The van der Waals surface area contributed by atoms with Gasteiger partial charge in [-0.15, -0.1) is 0 Å². The van der Waals surface area contributed by atoms with E-state index in [0.29, 0.717) is 19.3 Å². The third-order valence-corrected chi connectivity index (χ3v) is 13.3. The topological polar surface area (TPSA) is 78.9 Å². The Hall–Kier alpha value is -1.85. The molecular formula is C59H112O6. The molecule has 0 aromatic carbocycles. The van der Waals surface area contributed by atoms with Crippen LogP contribution in [0.25, 0.3) is 0 Å². The van der Waals surface area contributed by atoms with Crippen LogP contribution in [-0.4, -0.2) is 37.2 Å². The highest BCUT2D eigenvalue weighted by molar-refractivity contribution is 5.71. The lowest BCUT2D eigenvalue weighted by Crippen LogP contribution is -2.30. The number of hydrogen-bond donors (Lipinski definition) is 0. The second kappa shape index (κ2) is 54.8. The largest absolute Gasteiger partial charge is 0.462 e. The van der Waals surface area contributed by atoms with Crippen molar-refractivity contribution in [2.45, 2.75) is 335 Å². The van der Waals surface area contributed by atoms with Crippen LogP contribution >= 0.6 is 0 Å². The molecule has 0 fully saturated rings. The molecule has 0 amide bonds. The summed E-state index contributed by atoms with van der Waals surface area (Å²) in [6.45, 7) is 6.65. The van der Waals surface area contributed by atoms with Crippen LogP contribution in [0.15, 0.2) is 12.2 Å². The molecule has 0 heterocycles. The number of esters is 3. The third kappa shape index (κ3) is 53.0. The summed E-state index contributed by atoms with van der Waals surface area (Å²) in [6, 6.07) is 0. The third-order valence-electron chi connectivity index (χ3n) is 13.3. The van der Waals surface area contributed by atoms with Gasteiger partial charge in [0.25, 0.3) is 0 Å². The quantitative estimate of drug-likeness (QED) is 0.0262. The lowest BCUT2D eigenvalue weighted by molar-refractivity contribution is -0.167. The number of ether oxygens (including phenoxy) is 3. The second-order valence-electron chi connectivity index (χ2n) is 19.9. The highest BCUT2D eigenvalue weighted by Crippen LogP contribution is 2.17. The van der Waals surface area contributed by atoms with Crippen LogP contribution in [0.2, 0.25) is 0 Å². The number of unbranched alkanes of at least 4 members (excludes halogenated alkanes) is 41. The molecular weight excluding hydrogens is 805 g/mol. The summed E-state index contributed by atoms with van der Waals surface area (Å²) >= 11 is 0. The minimum atomic E-state index is -0.763. The molecule has 0 aliphatic heterocycles. The molecule has 0 spiro atoms. The molecule has 0 rings (SSSR count). The van der Waals surface area contributed by atoms with E-state index in [1.807, 2.05) is 0 Å². The average Bonchev–Trinajstić information content (AvgIpc) is 3.30. The first-order chi connectivity index (χ1) is 32.0. The number of allylic oxidation sites excluding steroid dienone is 2. The summed E-state index contributed by atoms with van der Waals surface area (Å²) in [7, 11) is 0. The Bertz CT molecular complexity index is 1010. The molecule has 6 nitrogen and oxygen atoms in total. The van der Waals surface area contributed by atoms with Crippen LogP contribution in [0.4, 0.5) is 0 Å². The molecule has 0 saturated heterocycles.